The van der Waals surface area contributed by atoms with Gasteiger partial charge in [0.1, 0.15) is 11.6 Å². The molecule has 1 heterocycles. The Labute approximate surface area is 105 Å². The van der Waals surface area contributed by atoms with E-state index in [0.717, 1.165) is 5.56 Å². The number of anilines is 2. The summed E-state index contributed by atoms with van der Waals surface area (Å²) in [7, 11) is 1.49. The van der Waals surface area contributed by atoms with Crippen LogP contribution < -0.4 is 15.8 Å². The molecule has 3 N–H and O–H groups in total. The Kier molecular flexibility index (Phi) is 3.62. The van der Waals surface area contributed by atoms with Gasteiger partial charge in [-0.2, -0.15) is 0 Å². The van der Waals surface area contributed by atoms with Gasteiger partial charge in [-0.15, -0.1) is 0 Å². The molecular formula is C13H14FN3O. The highest BCUT2D eigenvalue weighted by atomic mass is 19.1. The second-order valence-corrected chi connectivity index (χ2v) is 3.79. The molecule has 0 saturated carbocycles. The standard InChI is InChI=1S/C13H14FN3O/c1-18-13-6-12(10(14)5-11(13)15)17-8-9-3-2-4-16-7-9/h2-7,17H,8,15H2,1H3. The van der Waals surface area contributed by atoms with Crippen molar-refractivity contribution in [3.8, 4) is 5.75 Å². The smallest absolute Gasteiger partial charge is 0.148 e. The van der Waals surface area contributed by atoms with Crippen LogP contribution in [0.15, 0.2) is 36.7 Å². The van der Waals surface area contributed by atoms with E-state index in [4.69, 9.17) is 10.5 Å². The average molecular weight is 247 g/mol. The van der Waals surface area contributed by atoms with Crippen molar-refractivity contribution in [3.63, 3.8) is 0 Å². The Bertz CT molecular complexity index is 531. The molecule has 0 bridgehead atoms. The lowest BCUT2D eigenvalue weighted by Crippen LogP contribution is -2.03. The molecule has 18 heavy (non-hydrogen) atoms. The molecule has 2 aromatic rings. The summed E-state index contributed by atoms with van der Waals surface area (Å²) < 4.78 is 18.7. The Morgan fingerprint density at radius 3 is 2.94 bits per heavy atom. The van der Waals surface area contributed by atoms with Crippen LogP contribution in [-0.4, -0.2) is 12.1 Å². The monoisotopic (exact) mass is 247 g/mol. The number of rotatable bonds is 4. The number of hydrogen-bond acceptors (Lipinski definition) is 4. The number of nitrogens with two attached hydrogens (primary N) is 1. The van der Waals surface area contributed by atoms with Gasteiger partial charge in [0.05, 0.1) is 18.5 Å². The summed E-state index contributed by atoms with van der Waals surface area (Å²) in [4.78, 5) is 3.99. The molecule has 4 nitrogen and oxygen atoms in total. The molecule has 0 aliphatic rings. The predicted octanol–water partition coefficient (Wildman–Crippen LogP) is 2.42. The molecule has 0 saturated heterocycles. The maximum atomic E-state index is 13.7. The fraction of sp³-hybridized carbons (Fsp3) is 0.154. The molecule has 0 radical (unpaired) electrons. The van der Waals surface area contributed by atoms with E-state index in [-0.39, 0.29) is 5.69 Å². The predicted molar refractivity (Wildman–Crippen MR) is 68.9 cm³/mol. The third-order valence-corrected chi connectivity index (χ3v) is 2.53. The number of benzene rings is 1. The summed E-state index contributed by atoms with van der Waals surface area (Å²) >= 11 is 0. The van der Waals surface area contributed by atoms with Crippen LogP contribution in [-0.2, 0) is 6.54 Å². The molecule has 0 amide bonds. The van der Waals surface area contributed by atoms with Gasteiger partial charge >= 0.3 is 0 Å². The Morgan fingerprint density at radius 2 is 2.28 bits per heavy atom. The Hall–Kier alpha value is -2.30. The SMILES string of the molecule is COc1cc(NCc2cccnc2)c(F)cc1N. The second kappa shape index (κ2) is 5.35. The number of nitrogen functional groups attached to an aromatic ring is 1. The van der Waals surface area contributed by atoms with Gasteiger partial charge in [-0.25, -0.2) is 4.39 Å². The van der Waals surface area contributed by atoms with Gasteiger partial charge < -0.3 is 15.8 Å². The maximum Gasteiger partial charge on any atom is 0.148 e. The van der Waals surface area contributed by atoms with E-state index in [1.54, 1.807) is 18.5 Å². The third-order valence-electron chi connectivity index (χ3n) is 2.53. The number of hydrogen-bond donors (Lipinski definition) is 2. The zero-order chi connectivity index (χ0) is 13.0. The molecule has 0 spiro atoms. The average Bonchev–Trinajstić information content (AvgIpc) is 2.39. The minimum Gasteiger partial charge on any atom is -0.495 e. The molecule has 0 fully saturated rings. The highest BCUT2D eigenvalue weighted by Gasteiger charge is 2.08. The van der Waals surface area contributed by atoms with Crippen molar-refractivity contribution in [2.24, 2.45) is 0 Å². The Balaban J connectivity index is 2.14. The van der Waals surface area contributed by atoms with Crippen molar-refractivity contribution in [2.75, 3.05) is 18.2 Å². The van der Waals surface area contributed by atoms with Crippen LogP contribution in [0, 0.1) is 5.82 Å². The van der Waals surface area contributed by atoms with Crippen LogP contribution in [0.5, 0.6) is 5.75 Å². The topological polar surface area (TPSA) is 60.2 Å². The number of ether oxygens (including phenoxy) is 1. The highest BCUT2D eigenvalue weighted by Crippen LogP contribution is 2.28. The van der Waals surface area contributed by atoms with Crippen molar-refractivity contribution in [2.45, 2.75) is 6.54 Å². The van der Waals surface area contributed by atoms with Crippen LogP contribution in [0.3, 0.4) is 0 Å². The van der Waals surface area contributed by atoms with Gasteiger partial charge in [-0.05, 0) is 11.6 Å². The van der Waals surface area contributed by atoms with E-state index >= 15 is 0 Å². The molecule has 2 rings (SSSR count). The number of nitrogens with zero attached hydrogens (tertiary/aromatic N) is 1. The number of nitrogens with one attached hydrogen (secondary N) is 1. The zero-order valence-corrected chi connectivity index (χ0v) is 9.98. The summed E-state index contributed by atoms with van der Waals surface area (Å²) in [5.41, 5.74) is 7.20. The van der Waals surface area contributed by atoms with E-state index in [9.17, 15) is 4.39 Å². The molecule has 0 atom stereocenters. The first-order chi connectivity index (χ1) is 8.70. The fourth-order valence-corrected chi connectivity index (χ4v) is 1.58. The van der Waals surface area contributed by atoms with Gasteiger partial charge in [0.15, 0.2) is 0 Å². The lowest BCUT2D eigenvalue weighted by atomic mass is 10.2. The molecule has 0 unspecified atom stereocenters. The number of halogens is 1. The highest BCUT2D eigenvalue weighted by molar-refractivity contribution is 5.62. The van der Waals surface area contributed by atoms with E-state index < -0.39 is 5.82 Å². The van der Waals surface area contributed by atoms with Crippen molar-refractivity contribution < 1.29 is 9.13 Å². The summed E-state index contributed by atoms with van der Waals surface area (Å²) in [6.45, 7) is 0.484. The van der Waals surface area contributed by atoms with E-state index in [1.165, 1.54) is 13.2 Å². The van der Waals surface area contributed by atoms with Gasteiger partial charge in [0.2, 0.25) is 0 Å². The first kappa shape index (κ1) is 12.2. The number of methoxy groups -OCH3 is 1. The summed E-state index contributed by atoms with van der Waals surface area (Å²) in [6.07, 6.45) is 3.41. The molecule has 5 heteroatoms. The largest absolute Gasteiger partial charge is 0.495 e. The summed E-state index contributed by atoms with van der Waals surface area (Å²) in [5, 5.41) is 2.98. The van der Waals surface area contributed by atoms with Crippen LogP contribution >= 0.6 is 0 Å². The minimum atomic E-state index is -0.405. The van der Waals surface area contributed by atoms with E-state index in [0.29, 0.717) is 18.0 Å². The molecule has 0 aliphatic heterocycles. The fourth-order valence-electron chi connectivity index (χ4n) is 1.58. The molecule has 1 aromatic carbocycles. The molecule has 94 valence electrons. The van der Waals surface area contributed by atoms with Crippen molar-refractivity contribution in [1.29, 1.82) is 0 Å². The maximum absolute atomic E-state index is 13.7. The number of pyridine rings is 1. The first-order valence-electron chi connectivity index (χ1n) is 5.46. The van der Waals surface area contributed by atoms with Gasteiger partial charge in [-0.3, -0.25) is 4.98 Å². The van der Waals surface area contributed by atoms with Gasteiger partial charge in [0.25, 0.3) is 0 Å². The number of aromatic nitrogens is 1. The van der Waals surface area contributed by atoms with Crippen LogP contribution in [0.1, 0.15) is 5.56 Å². The van der Waals surface area contributed by atoms with E-state index in [1.807, 2.05) is 12.1 Å². The second-order valence-electron chi connectivity index (χ2n) is 3.79. The van der Waals surface area contributed by atoms with Crippen molar-refractivity contribution in [3.05, 3.63) is 48.0 Å². The lowest BCUT2D eigenvalue weighted by Gasteiger charge is -2.11. The third kappa shape index (κ3) is 2.68. The van der Waals surface area contributed by atoms with Crippen LogP contribution in [0.2, 0.25) is 0 Å². The molecule has 1 aromatic heterocycles. The molecule has 0 aliphatic carbocycles. The van der Waals surface area contributed by atoms with E-state index in [2.05, 4.69) is 10.3 Å². The van der Waals surface area contributed by atoms with Crippen LogP contribution in [0.25, 0.3) is 0 Å². The normalized spacial score (nSPS) is 10.1. The van der Waals surface area contributed by atoms with Gasteiger partial charge in [0, 0.05) is 31.1 Å². The minimum absolute atomic E-state index is 0.280. The van der Waals surface area contributed by atoms with Crippen LogP contribution in [0.4, 0.5) is 15.8 Å². The Morgan fingerprint density at radius 1 is 1.44 bits per heavy atom. The van der Waals surface area contributed by atoms with Crippen molar-refractivity contribution >= 4 is 11.4 Å². The quantitative estimate of drug-likeness (QED) is 0.814. The summed E-state index contributed by atoms with van der Waals surface area (Å²) in [5.74, 6) is 0.0438. The lowest BCUT2D eigenvalue weighted by molar-refractivity contribution is 0.416. The molecular weight excluding hydrogens is 233 g/mol. The summed E-state index contributed by atoms with van der Waals surface area (Å²) in [6, 6.07) is 6.52. The van der Waals surface area contributed by atoms with Gasteiger partial charge in [-0.1, -0.05) is 6.07 Å². The zero-order valence-electron chi connectivity index (χ0n) is 9.98. The first-order valence-corrected chi connectivity index (χ1v) is 5.46. The van der Waals surface area contributed by atoms with Crippen molar-refractivity contribution in [1.82, 2.24) is 4.98 Å².